The Kier molecular flexibility index (Phi) is 15.4. The fraction of sp³-hybridized carbons (Fsp3) is 0.241. The van der Waals surface area contributed by atoms with Crippen molar-refractivity contribution in [2.75, 3.05) is 9.80 Å². The van der Waals surface area contributed by atoms with Crippen LogP contribution in [-0.4, -0.2) is 9.55 Å². The predicted octanol–water partition coefficient (Wildman–Crippen LogP) is 21.9. The van der Waals surface area contributed by atoms with Gasteiger partial charge in [0.05, 0.1) is 0 Å². The molecule has 0 bridgehead atoms. The van der Waals surface area contributed by atoms with Crippen LogP contribution in [0.3, 0.4) is 0 Å². The molecule has 6 heteroatoms. The average molecular weight is 1290 g/mol. The molecule has 9 aromatic carbocycles. The molecular weight excluding hydrogens is 1220 g/mol. The van der Waals surface area contributed by atoms with Crippen molar-refractivity contribution in [3.63, 3.8) is 0 Å². The van der Waals surface area contributed by atoms with Gasteiger partial charge < -0.3 is 19.1 Å². The smallest absolute Gasteiger partial charge is 0.135 e. The zero-order chi connectivity index (χ0) is 58.1. The van der Waals surface area contributed by atoms with E-state index in [2.05, 4.69) is 309 Å². The van der Waals surface area contributed by atoms with E-state index in [4.69, 9.17) is 9.72 Å². The summed E-state index contributed by atoms with van der Waals surface area (Å²) in [6, 6.07) is 82.9. The minimum absolute atomic E-state index is 0. The molecule has 3 heterocycles. The molecule has 0 spiro atoms. The molecule has 430 valence electrons. The molecule has 11 aromatic rings. The van der Waals surface area contributed by atoms with E-state index in [-0.39, 0.29) is 49.1 Å². The Bertz CT molecular complexity index is 4130. The van der Waals surface area contributed by atoms with Crippen LogP contribution in [0.15, 0.2) is 212 Å². The van der Waals surface area contributed by atoms with Crippen LogP contribution in [0.1, 0.15) is 134 Å². The van der Waals surface area contributed by atoms with Gasteiger partial charge in [-0.05, 0) is 122 Å². The Morgan fingerprint density at radius 1 is 0.506 bits per heavy atom. The molecule has 0 unspecified atom stereocenters. The monoisotopic (exact) mass is 1290 g/mol. The molecule has 0 amide bonds. The normalized spacial score (nSPS) is 15.2. The van der Waals surface area contributed by atoms with Crippen LogP contribution in [0, 0.1) is 29.6 Å². The maximum Gasteiger partial charge on any atom is 0.135 e. The zero-order valence-electron chi connectivity index (χ0n) is 50.7. The summed E-state index contributed by atoms with van der Waals surface area (Å²) < 4.78 is 9.60. The summed E-state index contributed by atoms with van der Waals surface area (Å²) >= 11 is 0. The fourth-order valence-corrected chi connectivity index (χ4v) is 14.9. The minimum Gasteiger partial charge on any atom is -0.509 e. The van der Waals surface area contributed by atoms with E-state index in [1.165, 1.54) is 39.8 Å². The zero-order valence-corrected chi connectivity index (χ0v) is 52.9. The third-order valence-electron chi connectivity index (χ3n) is 18.6. The number of fused-ring (bicyclic) bond motifs is 4. The van der Waals surface area contributed by atoms with E-state index < -0.39 is 0 Å². The summed E-state index contributed by atoms with van der Waals surface area (Å²) in [6.45, 7) is 26.1. The topological polar surface area (TPSA) is 33.5 Å². The van der Waals surface area contributed by atoms with Crippen LogP contribution in [0.25, 0.3) is 61.0 Å². The molecule has 2 aromatic heterocycles. The van der Waals surface area contributed by atoms with Gasteiger partial charge in [0.2, 0.25) is 0 Å². The van der Waals surface area contributed by atoms with Crippen molar-refractivity contribution in [1.82, 2.24) is 9.55 Å². The maximum atomic E-state index is 7.30. The van der Waals surface area contributed by atoms with Crippen LogP contribution < -0.4 is 14.5 Å². The molecule has 85 heavy (non-hydrogen) atoms. The Balaban J connectivity index is 0.00000709. The molecule has 1 aliphatic heterocycles. The first kappa shape index (κ1) is 57.4. The first-order chi connectivity index (χ1) is 40.6. The van der Waals surface area contributed by atoms with Crippen molar-refractivity contribution < 1.29 is 25.8 Å². The SMILES string of the molecule is CC(C)c1cc(C(C)C)c(-c2cc(Oc3[c-]c4c(cc3)c3ccccc3n4-c3cc(C4(c5ccccc5)C(C)(C)CCCC4(C)C)ccn3)[c-]c(N3[CH-]N(c4c(-c5ccccc5)cccc4-c4ccccc4)c4ccccc43)c2)c(C(C)C)c1.[Pt]. The second-order valence-electron chi connectivity index (χ2n) is 25.6. The van der Waals surface area contributed by atoms with E-state index in [0.717, 1.165) is 91.0 Å². The molecule has 1 saturated carbocycles. The number of anilines is 4. The number of rotatable bonds is 13. The van der Waals surface area contributed by atoms with Crippen molar-refractivity contribution in [2.45, 2.75) is 112 Å². The van der Waals surface area contributed by atoms with Crippen LogP contribution in [-0.2, 0) is 26.5 Å². The van der Waals surface area contributed by atoms with Crippen LogP contribution in [0.2, 0.25) is 0 Å². The van der Waals surface area contributed by atoms with Gasteiger partial charge in [-0.15, -0.1) is 53.6 Å². The van der Waals surface area contributed by atoms with Crippen molar-refractivity contribution in [1.29, 1.82) is 0 Å². The van der Waals surface area contributed by atoms with Crippen molar-refractivity contribution >= 4 is 44.6 Å². The number of nitrogens with zero attached hydrogens (tertiary/aromatic N) is 4. The van der Waals surface area contributed by atoms with Gasteiger partial charge in [0.15, 0.2) is 0 Å². The number of para-hydroxylation sites is 4. The number of pyridine rings is 1. The molecular formula is C79H75N4OPt-3. The van der Waals surface area contributed by atoms with Crippen LogP contribution in [0.5, 0.6) is 11.5 Å². The van der Waals surface area contributed by atoms with Crippen LogP contribution >= 0.6 is 0 Å². The first-order valence-corrected chi connectivity index (χ1v) is 30.3. The van der Waals surface area contributed by atoms with E-state index in [0.29, 0.717) is 17.4 Å². The van der Waals surface area contributed by atoms with Crippen molar-refractivity contribution in [3.05, 3.63) is 259 Å². The van der Waals surface area contributed by atoms with Crippen molar-refractivity contribution in [2.24, 2.45) is 10.8 Å². The van der Waals surface area contributed by atoms with Gasteiger partial charge in [0.25, 0.3) is 0 Å². The third kappa shape index (κ3) is 9.91. The summed E-state index contributed by atoms with van der Waals surface area (Å²) in [4.78, 5) is 9.92. The standard InChI is InChI=1S/C79H75N4O.Pt/c1-52(2)57-46-68(53(3)4)75(69(47-57)54(5)6)58-44-61(81-51-82(72-37-23-22-36-71(72)81)76-64(55-26-14-11-15-27-55)33-24-34-65(76)56-28-16-12-17-29-56)49-63(45-58)84-62-38-39-67-66-32-20-21-35-70(66)83(73(67)50-62)74-48-60(40-43-80-74)79(59-30-18-13-19-31-59)77(7,8)41-25-42-78(79,9)10;/h11-24,26-40,43-48,51-54H,25,41-42H2,1-10H3;/q-3;. The van der Waals surface area contributed by atoms with E-state index in [9.17, 15) is 0 Å². The molecule has 0 saturated heterocycles. The van der Waals surface area contributed by atoms with Gasteiger partial charge in [-0.25, -0.2) is 4.98 Å². The largest absolute Gasteiger partial charge is 0.509 e. The van der Waals surface area contributed by atoms with Gasteiger partial charge in [0.1, 0.15) is 5.82 Å². The van der Waals surface area contributed by atoms with E-state index in [1.54, 1.807) is 0 Å². The average Bonchev–Trinajstić information content (AvgIpc) is 1.32. The Labute approximate surface area is 518 Å². The van der Waals surface area contributed by atoms with Gasteiger partial charge >= 0.3 is 0 Å². The third-order valence-corrected chi connectivity index (χ3v) is 18.6. The molecule has 0 radical (unpaired) electrons. The Morgan fingerprint density at radius 3 is 1.69 bits per heavy atom. The molecule has 1 aliphatic carbocycles. The van der Waals surface area contributed by atoms with Crippen LogP contribution in [0.4, 0.5) is 22.7 Å². The summed E-state index contributed by atoms with van der Waals surface area (Å²) in [5.74, 6) is 2.96. The molecule has 13 rings (SSSR count). The van der Waals surface area contributed by atoms with Crippen molar-refractivity contribution in [3.8, 4) is 50.7 Å². The van der Waals surface area contributed by atoms with E-state index in [1.807, 2.05) is 6.20 Å². The Morgan fingerprint density at radius 2 is 1.08 bits per heavy atom. The van der Waals surface area contributed by atoms with Gasteiger partial charge in [-0.3, -0.25) is 0 Å². The van der Waals surface area contributed by atoms with Gasteiger partial charge in [0, 0.05) is 77.9 Å². The van der Waals surface area contributed by atoms with E-state index >= 15 is 0 Å². The summed E-state index contributed by atoms with van der Waals surface area (Å²) in [7, 11) is 0. The molecule has 5 nitrogen and oxygen atoms in total. The predicted molar refractivity (Wildman–Crippen MR) is 351 cm³/mol. The molecule has 1 fully saturated rings. The summed E-state index contributed by atoms with van der Waals surface area (Å²) in [6.07, 6.45) is 5.49. The number of hydrogen-bond acceptors (Lipinski definition) is 4. The molecule has 0 atom stereocenters. The number of ether oxygens (including phenoxy) is 1. The van der Waals surface area contributed by atoms with Gasteiger partial charge in [-0.2, -0.15) is 6.07 Å². The summed E-state index contributed by atoms with van der Waals surface area (Å²) in [5, 5.41) is 2.22. The maximum absolute atomic E-state index is 7.30. The molecule has 0 N–H and O–H groups in total. The minimum atomic E-state index is -0.285. The quantitative estimate of drug-likeness (QED) is 0.108. The number of hydrogen-bond donors (Lipinski definition) is 0. The second kappa shape index (κ2) is 22.8. The fourth-order valence-electron chi connectivity index (χ4n) is 14.9. The van der Waals surface area contributed by atoms with Gasteiger partial charge in [-0.1, -0.05) is 233 Å². The first-order valence-electron chi connectivity index (χ1n) is 30.3. The summed E-state index contributed by atoms with van der Waals surface area (Å²) in [5.41, 5.74) is 19.2. The second-order valence-corrected chi connectivity index (χ2v) is 25.6. The number of benzene rings is 9. The Hall–Kier alpha value is -7.98. The number of aromatic nitrogens is 2. The molecule has 2 aliphatic rings.